The van der Waals surface area contributed by atoms with Crippen LogP contribution < -0.4 is 4.65 Å². The minimum atomic E-state index is 0.641. The van der Waals surface area contributed by atoms with Crippen LogP contribution in [0.2, 0.25) is 0 Å². The van der Waals surface area contributed by atoms with Crippen molar-refractivity contribution < 1.29 is 9.68 Å². The molecule has 3 rings (SSSR count). The maximum absolute atomic E-state index is 8.75. The Balaban J connectivity index is 2.39. The molecule has 0 fully saturated rings. The van der Waals surface area contributed by atoms with Crippen LogP contribution in [0.5, 0.6) is 5.75 Å². The maximum Gasteiger partial charge on any atom is 0.569 e. The zero-order chi connectivity index (χ0) is 13.4. The van der Waals surface area contributed by atoms with Gasteiger partial charge < -0.3 is 9.68 Å². The predicted octanol–water partition coefficient (Wildman–Crippen LogP) is 3.52. The molecule has 0 spiro atoms. The number of hydrogen-bond acceptors (Lipinski definition) is 2. The Kier molecular flexibility index (Phi) is 2.92. The summed E-state index contributed by atoms with van der Waals surface area (Å²) in [5.41, 5.74) is 2.52. The van der Waals surface area contributed by atoms with Crippen molar-refractivity contribution in [1.82, 2.24) is 0 Å². The van der Waals surface area contributed by atoms with Gasteiger partial charge in [0.15, 0.2) is 0 Å². The second kappa shape index (κ2) is 4.59. The number of hydrogen-bond donors (Lipinski definition) is 1. The minimum absolute atomic E-state index is 0.641. The summed E-state index contributed by atoms with van der Waals surface area (Å²) in [5, 5.41) is 13.5. The molecular weight excluding hydrogens is 235 g/mol. The van der Waals surface area contributed by atoms with Gasteiger partial charge >= 0.3 is 7.69 Å². The first-order chi connectivity index (χ1) is 9.19. The smallest absolute Gasteiger partial charge is 0.537 e. The molecule has 0 aliphatic rings. The van der Waals surface area contributed by atoms with Crippen LogP contribution in [0.4, 0.5) is 0 Å². The fourth-order valence-electron chi connectivity index (χ4n) is 2.71. The summed E-state index contributed by atoms with van der Waals surface area (Å²) in [6.07, 6.45) is 0. The molecule has 2 nitrogen and oxygen atoms in total. The van der Waals surface area contributed by atoms with E-state index in [9.17, 15) is 0 Å². The van der Waals surface area contributed by atoms with E-state index in [4.69, 9.17) is 9.68 Å². The normalized spacial score (nSPS) is 10.9. The Bertz CT molecular complexity index is 765. The monoisotopic (exact) mass is 249 g/mol. The quantitative estimate of drug-likeness (QED) is 0.556. The summed E-state index contributed by atoms with van der Waals surface area (Å²) in [6.45, 7) is 4.23. The molecule has 3 aromatic rings. The summed E-state index contributed by atoms with van der Waals surface area (Å²) < 4.78 is 5.06. The van der Waals surface area contributed by atoms with E-state index in [-0.39, 0.29) is 0 Å². The summed E-state index contributed by atoms with van der Waals surface area (Å²) in [4.78, 5) is 0. The van der Waals surface area contributed by atoms with Crippen molar-refractivity contribution in [3.05, 3.63) is 53.6 Å². The van der Waals surface area contributed by atoms with Crippen LogP contribution in [0.25, 0.3) is 21.5 Å². The average Bonchev–Trinajstić information content (AvgIpc) is 2.38. The lowest BCUT2D eigenvalue weighted by molar-refractivity contribution is 0.454. The van der Waals surface area contributed by atoms with Crippen molar-refractivity contribution >= 4 is 29.2 Å². The van der Waals surface area contributed by atoms with Gasteiger partial charge in [-0.3, -0.25) is 0 Å². The fraction of sp³-hybridized carbons (Fsp3) is 0.125. The van der Waals surface area contributed by atoms with Gasteiger partial charge in [-0.1, -0.05) is 35.9 Å². The summed E-state index contributed by atoms with van der Waals surface area (Å²) in [7, 11) is 0.712. The molecular formula is C16H14BO2. The third-order valence-electron chi connectivity index (χ3n) is 3.44. The molecule has 0 aliphatic carbocycles. The molecule has 1 N–H and O–H groups in total. The third-order valence-corrected chi connectivity index (χ3v) is 3.44. The average molecular weight is 249 g/mol. The van der Waals surface area contributed by atoms with Crippen molar-refractivity contribution in [1.29, 1.82) is 0 Å². The highest BCUT2D eigenvalue weighted by molar-refractivity contribution is 6.17. The van der Waals surface area contributed by atoms with Crippen molar-refractivity contribution in [3.8, 4) is 5.75 Å². The molecule has 19 heavy (non-hydrogen) atoms. The first-order valence-corrected chi connectivity index (χ1v) is 6.25. The van der Waals surface area contributed by atoms with Crippen LogP contribution in [-0.4, -0.2) is 12.7 Å². The van der Waals surface area contributed by atoms with Gasteiger partial charge in [0.1, 0.15) is 5.75 Å². The van der Waals surface area contributed by atoms with Gasteiger partial charge in [0.2, 0.25) is 0 Å². The van der Waals surface area contributed by atoms with Gasteiger partial charge in [0, 0.05) is 0 Å². The molecule has 0 heterocycles. The highest BCUT2D eigenvalue weighted by atomic mass is 16.5. The van der Waals surface area contributed by atoms with Gasteiger partial charge in [-0.15, -0.1) is 0 Å². The first kappa shape index (κ1) is 12.1. The van der Waals surface area contributed by atoms with Crippen LogP contribution in [0.3, 0.4) is 0 Å². The van der Waals surface area contributed by atoms with E-state index in [0.717, 1.165) is 5.39 Å². The van der Waals surface area contributed by atoms with Crippen molar-refractivity contribution in [2.75, 3.05) is 0 Å². The lowest BCUT2D eigenvalue weighted by atomic mass is 9.96. The van der Waals surface area contributed by atoms with Crippen LogP contribution in [0.1, 0.15) is 11.1 Å². The van der Waals surface area contributed by atoms with E-state index in [1.807, 2.05) is 18.2 Å². The lowest BCUT2D eigenvalue weighted by Gasteiger charge is -2.10. The zero-order valence-electron chi connectivity index (χ0n) is 11.0. The van der Waals surface area contributed by atoms with Crippen LogP contribution in [-0.2, 0) is 0 Å². The summed E-state index contributed by atoms with van der Waals surface area (Å²) >= 11 is 0. The lowest BCUT2D eigenvalue weighted by Crippen LogP contribution is -1.99. The molecule has 3 aromatic carbocycles. The molecule has 0 unspecified atom stereocenters. The van der Waals surface area contributed by atoms with Crippen LogP contribution in [0, 0.1) is 13.8 Å². The molecule has 3 heteroatoms. The fourth-order valence-corrected chi connectivity index (χ4v) is 2.71. The minimum Gasteiger partial charge on any atom is -0.537 e. The van der Waals surface area contributed by atoms with E-state index in [1.165, 1.54) is 27.3 Å². The molecule has 0 bridgehead atoms. The zero-order valence-corrected chi connectivity index (χ0v) is 11.0. The highest BCUT2D eigenvalue weighted by Crippen LogP contribution is 2.31. The Hall–Kier alpha value is -2.00. The molecule has 0 atom stereocenters. The first-order valence-electron chi connectivity index (χ1n) is 6.25. The highest BCUT2D eigenvalue weighted by Gasteiger charge is 2.06. The Labute approximate surface area is 112 Å². The van der Waals surface area contributed by atoms with E-state index in [2.05, 4.69) is 38.1 Å². The Morgan fingerprint density at radius 2 is 1.68 bits per heavy atom. The van der Waals surface area contributed by atoms with Gasteiger partial charge in [-0.25, -0.2) is 0 Å². The van der Waals surface area contributed by atoms with Gasteiger partial charge in [-0.05, 0) is 53.1 Å². The number of aryl methyl sites for hydroxylation is 2. The molecule has 1 radical (unpaired) electrons. The predicted molar refractivity (Wildman–Crippen MR) is 79.5 cm³/mol. The number of rotatable bonds is 2. The number of fused-ring (bicyclic) bond motifs is 3. The number of benzene rings is 3. The largest absolute Gasteiger partial charge is 0.569 e. The van der Waals surface area contributed by atoms with Crippen molar-refractivity contribution in [3.63, 3.8) is 0 Å². The molecule has 0 amide bonds. The van der Waals surface area contributed by atoms with Crippen LogP contribution >= 0.6 is 0 Å². The Morgan fingerprint density at radius 1 is 0.947 bits per heavy atom. The topological polar surface area (TPSA) is 29.5 Å². The second-order valence-corrected chi connectivity index (χ2v) is 4.85. The maximum atomic E-state index is 8.75. The van der Waals surface area contributed by atoms with E-state index >= 15 is 0 Å². The van der Waals surface area contributed by atoms with E-state index in [0.29, 0.717) is 13.4 Å². The van der Waals surface area contributed by atoms with Crippen molar-refractivity contribution in [2.45, 2.75) is 13.8 Å². The van der Waals surface area contributed by atoms with E-state index < -0.39 is 0 Å². The molecule has 93 valence electrons. The van der Waals surface area contributed by atoms with Gasteiger partial charge in [0.25, 0.3) is 0 Å². The van der Waals surface area contributed by atoms with Gasteiger partial charge in [0.05, 0.1) is 0 Å². The second-order valence-electron chi connectivity index (χ2n) is 4.85. The molecule has 0 aromatic heterocycles. The third kappa shape index (κ3) is 2.06. The Morgan fingerprint density at radius 3 is 2.47 bits per heavy atom. The SMILES string of the molecule is Cc1cc(C)c2c(ccc3ccc(O[B]O)cc32)c1. The summed E-state index contributed by atoms with van der Waals surface area (Å²) in [5.74, 6) is 0.641. The molecule has 0 saturated heterocycles. The summed E-state index contributed by atoms with van der Waals surface area (Å²) in [6, 6.07) is 14.5. The molecule has 0 saturated carbocycles. The standard InChI is InChI=1S/C16H14BO2/c1-10-7-11(2)16-13(8-10)4-3-12-5-6-14(19-17-18)9-15(12)16/h3-9,18H,1-2H3. The van der Waals surface area contributed by atoms with Gasteiger partial charge in [-0.2, -0.15) is 0 Å². The van der Waals surface area contributed by atoms with E-state index in [1.54, 1.807) is 0 Å². The van der Waals surface area contributed by atoms with Crippen LogP contribution in [0.15, 0.2) is 42.5 Å². The van der Waals surface area contributed by atoms with Crippen molar-refractivity contribution in [2.24, 2.45) is 0 Å². The molecule has 0 aliphatic heterocycles.